The molecule has 0 radical (unpaired) electrons. The molecule has 234 valence electrons. The molecule has 0 aliphatic carbocycles. The summed E-state index contributed by atoms with van der Waals surface area (Å²) in [4.78, 5) is 12.6. The highest BCUT2D eigenvalue weighted by molar-refractivity contribution is 6.10. The molecule has 4 rings (SSSR count). The molecule has 0 aliphatic rings. The molecule has 0 aromatic heterocycles. The molecule has 0 heterocycles. The highest BCUT2D eigenvalue weighted by Gasteiger charge is 2.23. The van der Waals surface area contributed by atoms with E-state index < -0.39 is 30.3 Å². The Morgan fingerprint density at radius 3 is 1.43 bits per heavy atom. The largest absolute Gasteiger partial charge is 0.384 e. The van der Waals surface area contributed by atoms with Gasteiger partial charge in [-0.25, -0.2) is 8.78 Å². The average Bonchev–Trinajstić information content (AvgIpc) is 3.05. The molecular formula is C36H40F2O6. The van der Waals surface area contributed by atoms with Crippen LogP contribution in [0.1, 0.15) is 84.6 Å². The average molecular weight is 607 g/mol. The van der Waals surface area contributed by atoms with E-state index in [-0.39, 0.29) is 16.9 Å². The molecule has 0 amide bonds. The Balaban J connectivity index is 0.000000240. The molecule has 1 unspecified atom stereocenters. The van der Waals surface area contributed by atoms with E-state index in [2.05, 4.69) is 0 Å². The molecule has 44 heavy (non-hydrogen) atoms. The third-order valence-corrected chi connectivity index (χ3v) is 6.59. The van der Waals surface area contributed by atoms with Crippen LogP contribution in [0.5, 0.6) is 0 Å². The van der Waals surface area contributed by atoms with Crippen molar-refractivity contribution in [1.82, 2.24) is 0 Å². The van der Waals surface area contributed by atoms with Gasteiger partial charge in [0.15, 0.2) is 18.4 Å². The number of benzene rings is 4. The molecule has 4 aromatic rings. The third kappa shape index (κ3) is 9.11. The first kappa shape index (κ1) is 34.7. The normalized spacial score (nSPS) is 11.8. The molecule has 0 spiro atoms. The smallest absolute Gasteiger partial charge is 0.196 e. The van der Waals surface area contributed by atoms with Crippen LogP contribution in [-0.2, 0) is 18.9 Å². The first-order chi connectivity index (χ1) is 21.4. The molecule has 0 bridgehead atoms. The Labute approximate surface area is 258 Å². The van der Waals surface area contributed by atoms with Gasteiger partial charge >= 0.3 is 0 Å². The van der Waals surface area contributed by atoms with Crippen molar-refractivity contribution >= 4 is 5.78 Å². The van der Waals surface area contributed by atoms with E-state index >= 15 is 0 Å². The van der Waals surface area contributed by atoms with Crippen molar-refractivity contribution in [3.05, 3.63) is 142 Å². The topological polar surface area (TPSA) is 74.2 Å². The van der Waals surface area contributed by atoms with Crippen molar-refractivity contribution in [2.45, 2.75) is 46.4 Å². The Morgan fingerprint density at radius 2 is 0.932 bits per heavy atom. The summed E-state index contributed by atoms with van der Waals surface area (Å²) < 4.78 is 50.1. The Kier molecular flexibility index (Phi) is 14.3. The van der Waals surface area contributed by atoms with Crippen molar-refractivity contribution in [1.29, 1.82) is 0 Å². The zero-order valence-electron chi connectivity index (χ0n) is 25.5. The first-order valence-corrected chi connectivity index (χ1v) is 14.7. The number of halogens is 2. The van der Waals surface area contributed by atoms with Gasteiger partial charge in [0.25, 0.3) is 0 Å². The minimum absolute atomic E-state index is 0.0432. The maximum Gasteiger partial charge on any atom is 0.196 e. The van der Waals surface area contributed by atoms with Gasteiger partial charge in [-0.3, -0.25) is 4.79 Å². The summed E-state index contributed by atoms with van der Waals surface area (Å²) in [7, 11) is 0. The summed E-state index contributed by atoms with van der Waals surface area (Å²) in [5.74, 6) is -1.35. The fraction of sp³-hybridized carbons (Fsp3) is 0.306. The van der Waals surface area contributed by atoms with E-state index in [1.54, 1.807) is 66.7 Å². The monoisotopic (exact) mass is 606 g/mol. The lowest BCUT2D eigenvalue weighted by molar-refractivity contribution is -0.141. The van der Waals surface area contributed by atoms with Crippen molar-refractivity contribution < 1.29 is 37.6 Å². The Morgan fingerprint density at radius 1 is 0.545 bits per heavy atom. The van der Waals surface area contributed by atoms with Gasteiger partial charge in [-0.15, -0.1) is 0 Å². The predicted molar refractivity (Wildman–Crippen MR) is 165 cm³/mol. The number of hydrogen-bond donors (Lipinski definition) is 1. The van der Waals surface area contributed by atoms with Gasteiger partial charge in [-0.1, -0.05) is 78.9 Å². The number of ketones is 1. The number of carbonyl (C=O) groups is 1. The minimum atomic E-state index is -1.07. The summed E-state index contributed by atoms with van der Waals surface area (Å²) in [6, 6.07) is 26.4. The zero-order chi connectivity index (χ0) is 31.9. The van der Waals surface area contributed by atoms with Gasteiger partial charge in [0, 0.05) is 48.7 Å². The van der Waals surface area contributed by atoms with Crippen LogP contribution in [0.25, 0.3) is 0 Å². The second-order valence-corrected chi connectivity index (χ2v) is 9.43. The molecule has 0 fully saturated rings. The van der Waals surface area contributed by atoms with Gasteiger partial charge in [0.2, 0.25) is 0 Å². The van der Waals surface area contributed by atoms with Crippen LogP contribution in [0.15, 0.2) is 97.1 Å². The van der Waals surface area contributed by atoms with Gasteiger partial charge in [-0.2, -0.15) is 0 Å². The third-order valence-electron chi connectivity index (χ3n) is 6.59. The quantitative estimate of drug-likeness (QED) is 0.115. The van der Waals surface area contributed by atoms with Crippen LogP contribution < -0.4 is 0 Å². The highest BCUT2D eigenvalue weighted by Crippen LogP contribution is 2.32. The summed E-state index contributed by atoms with van der Waals surface area (Å²) in [6.45, 7) is 9.33. The second kappa shape index (κ2) is 18.1. The van der Waals surface area contributed by atoms with Crippen molar-refractivity contribution in [2.24, 2.45) is 0 Å². The summed E-state index contributed by atoms with van der Waals surface area (Å²) in [6.07, 6.45) is -2.28. The van der Waals surface area contributed by atoms with Crippen LogP contribution in [0.4, 0.5) is 8.78 Å². The second-order valence-electron chi connectivity index (χ2n) is 9.43. The Hall–Kier alpha value is -3.79. The van der Waals surface area contributed by atoms with Gasteiger partial charge < -0.3 is 24.1 Å². The van der Waals surface area contributed by atoms with E-state index in [0.717, 1.165) is 0 Å². The fourth-order valence-electron chi connectivity index (χ4n) is 4.60. The van der Waals surface area contributed by atoms with Crippen LogP contribution in [-0.4, -0.2) is 37.3 Å². The van der Waals surface area contributed by atoms with Gasteiger partial charge in [0.05, 0.1) is 5.56 Å². The number of rotatable bonds is 14. The van der Waals surface area contributed by atoms with E-state index in [4.69, 9.17) is 18.9 Å². The van der Waals surface area contributed by atoms with Crippen molar-refractivity contribution in [3.8, 4) is 0 Å². The molecule has 1 atom stereocenters. The number of aliphatic hydroxyl groups is 1. The maximum atomic E-state index is 13.9. The lowest BCUT2D eigenvalue weighted by Crippen LogP contribution is -2.15. The molecule has 4 aromatic carbocycles. The molecule has 1 N–H and O–H groups in total. The summed E-state index contributed by atoms with van der Waals surface area (Å²) in [5, 5.41) is 10.6. The SMILES string of the molecule is CCOC(OCC)c1ccccc1C(=O)c1ccccc1F.CCOC(OCC)c1ccccc1C(O)c1ccccc1F. The standard InChI is InChI=1S/C18H21FO3.C18H19FO3/c2*1-3-21-18(22-4-2)14-10-6-5-9-13(14)17(20)15-11-7-8-12-16(15)19/h5-12,17-18,20H,3-4H2,1-2H3;5-12,18H,3-4H2,1-2H3. The maximum absolute atomic E-state index is 13.9. The van der Waals surface area contributed by atoms with Crippen molar-refractivity contribution in [2.75, 3.05) is 26.4 Å². The number of aliphatic hydroxyl groups excluding tert-OH is 1. The zero-order valence-corrected chi connectivity index (χ0v) is 25.5. The van der Waals surface area contributed by atoms with E-state index in [1.807, 2.05) is 39.8 Å². The molecule has 6 nitrogen and oxygen atoms in total. The van der Waals surface area contributed by atoms with E-state index in [1.165, 1.54) is 18.2 Å². The molecule has 0 saturated heterocycles. The molecule has 8 heteroatoms. The minimum Gasteiger partial charge on any atom is -0.384 e. The Bertz CT molecular complexity index is 1450. The number of ether oxygens (including phenoxy) is 4. The summed E-state index contributed by atoms with van der Waals surface area (Å²) in [5.41, 5.74) is 2.57. The first-order valence-electron chi connectivity index (χ1n) is 14.7. The van der Waals surface area contributed by atoms with E-state index in [0.29, 0.717) is 48.7 Å². The van der Waals surface area contributed by atoms with Gasteiger partial charge in [-0.05, 0) is 51.5 Å². The van der Waals surface area contributed by atoms with Crippen LogP contribution in [0.3, 0.4) is 0 Å². The predicted octanol–water partition coefficient (Wildman–Crippen LogP) is 8.11. The van der Waals surface area contributed by atoms with Crippen molar-refractivity contribution in [3.63, 3.8) is 0 Å². The molecular weight excluding hydrogens is 566 g/mol. The van der Waals surface area contributed by atoms with Crippen LogP contribution in [0, 0.1) is 11.6 Å². The number of hydrogen-bond acceptors (Lipinski definition) is 6. The summed E-state index contributed by atoms with van der Waals surface area (Å²) >= 11 is 0. The molecule has 0 saturated carbocycles. The lowest BCUT2D eigenvalue weighted by atomic mass is 9.96. The lowest BCUT2D eigenvalue weighted by Gasteiger charge is -2.23. The van der Waals surface area contributed by atoms with Crippen LogP contribution in [0.2, 0.25) is 0 Å². The highest BCUT2D eigenvalue weighted by atomic mass is 19.1. The van der Waals surface area contributed by atoms with E-state index in [9.17, 15) is 18.7 Å². The van der Waals surface area contributed by atoms with Crippen LogP contribution >= 0.6 is 0 Å². The fourth-order valence-corrected chi connectivity index (χ4v) is 4.60. The number of carbonyl (C=O) groups excluding carboxylic acids is 1. The molecule has 0 aliphatic heterocycles. The van der Waals surface area contributed by atoms with Gasteiger partial charge in [0.1, 0.15) is 17.7 Å².